The summed E-state index contributed by atoms with van der Waals surface area (Å²) in [4.78, 5) is 26.1. The number of amides is 2. The van der Waals surface area contributed by atoms with Crippen LogP contribution < -0.4 is 10.1 Å². The number of hydrogen-bond acceptors (Lipinski definition) is 4. The van der Waals surface area contributed by atoms with Gasteiger partial charge >= 0.3 is 12.0 Å². The van der Waals surface area contributed by atoms with Crippen LogP contribution in [0, 0.1) is 5.92 Å². The summed E-state index contributed by atoms with van der Waals surface area (Å²) in [6.07, 6.45) is 3.73. The molecule has 35 heavy (non-hydrogen) atoms. The summed E-state index contributed by atoms with van der Waals surface area (Å²) in [6, 6.07) is 13.4. The van der Waals surface area contributed by atoms with Crippen molar-refractivity contribution >= 4 is 17.7 Å². The molecule has 3 rings (SSSR count). The molecule has 0 fully saturated rings. The minimum atomic E-state index is -0.966. The fourth-order valence-electron chi connectivity index (χ4n) is 4.21. The lowest BCUT2D eigenvalue weighted by Gasteiger charge is -2.24. The number of carboxylic acid groups (broad SMARTS) is 1. The van der Waals surface area contributed by atoms with Crippen LogP contribution in [-0.4, -0.2) is 54.4 Å². The predicted molar refractivity (Wildman–Crippen MR) is 137 cm³/mol. The van der Waals surface area contributed by atoms with Crippen LogP contribution in [0.2, 0.25) is 0 Å². The number of nitrogens with zero attached hydrogens (tertiary/aromatic N) is 1. The van der Waals surface area contributed by atoms with Crippen LogP contribution in [0.4, 0.5) is 10.5 Å². The van der Waals surface area contributed by atoms with Gasteiger partial charge in [-0.25, -0.2) is 9.59 Å². The van der Waals surface area contributed by atoms with Crippen molar-refractivity contribution < 1.29 is 24.2 Å². The van der Waals surface area contributed by atoms with Crippen molar-refractivity contribution in [3.05, 3.63) is 59.2 Å². The SMILES string of the molecule is CCOC(Cc1ccc(OCCN(CCC(C)C)C(=O)Nc2ccc3c(c2)CCC3)cc1)C(=O)O. The Morgan fingerprint density at radius 3 is 2.49 bits per heavy atom. The van der Waals surface area contributed by atoms with E-state index in [1.54, 1.807) is 11.8 Å². The van der Waals surface area contributed by atoms with E-state index in [2.05, 4.69) is 31.3 Å². The second-order valence-electron chi connectivity index (χ2n) is 9.42. The number of fused-ring (bicyclic) bond motifs is 1. The van der Waals surface area contributed by atoms with E-state index < -0.39 is 12.1 Å². The van der Waals surface area contributed by atoms with E-state index >= 15 is 0 Å². The highest BCUT2D eigenvalue weighted by molar-refractivity contribution is 5.89. The van der Waals surface area contributed by atoms with Gasteiger partial charge in [-0.15, -0.1) is 0 Å². The number of carboxylic acids is 1. The fraction of sp³-hybridized carbons (Fsp3) is 0.500. The Kier molecular flexibility index (Phi) is 9.97. The summed E-state index contributed by atoms with van der Waals surface area (Å²) in [6.45, 7) is 7.92. The maximum absolute atomic E-state index is 13.0. The van der Waals surface area contributed by atoms with Crippen molar-refractivity contribution in [3.63, 3.8) is 0 Å². The lowest BCUT2D eigenvalue weighted by molar-refractivity contribution is -0.149. The highest BCUT2D eigenvalue weighted by Gasteiger charge is 2.18. The third-order valence-electron chi connectivity index (χ3n) is 6.23. The summed E-state index contributed by atoms with van der Waals surface area (Å²) < 4.78 is 11.2. The van der Waals surface area contributed by atoms with Crippen LogP contribution in [0.5, 0.6) is 5.75 Å². The lowest BCUT2D eigenvalue weighted by Crippen LogP contribution is -2.39. The van der Waals surface area contributed by atoms with Gasteiger partial charge in [0.25, 0.3) is 0 Å². The van der Waals surface area contributed by atoms with Crippen molar-refractivity contribution in [1.82, 2.24) is 4.90 Å². The lowest BCUT2D eigenvalue weighted by atomic mass is 10.1. The molecule has 190 valence electrons. The molecule has 1 aliphatic rings. The molecule has 0 saturated carbocycles. The number of aliphatic carboxylic acids is 1. The van der Waals surface area contributed by atoms with Crippen LogP contribution in [0.25, 0.3) is 0 Å². The monoisotopic (exact) mass is 482 g/mol. The van der Waals surface area contributed by atoms with E-state index in [9.17, 15) is 14.7 Å². The van der Waals surface area contributed by atoms with Gasteiger partial charge in [-0.05, 0) is 79.5 Å². The minimum Gasteiger partial charge on any atom is -0.492 e. The molecular formula is C28H38N2O5. The van der Waals surface area contributed by atoms with Gasteiger partial charge in [-0.2, -0.15) is 0 Å². The largest absolute Gasteiger partial charge is 0.492 e. The number of benzene rings is 2. The first-order valence-electron chi connectivity index (χ1n) is 12.6. The number of ether oxygens (including phenoxy) is 2. The predicted octanol–water partition coefficient (Wildman–Crippen LogP) is 5.17. The number of nitrogens with one attached hydrogen (secondary N) is 1. The normalized spacial score (nSPS) is 13.4. The highest BCUT2D eigenvalue weighted by atomic mass is 16.5. The van der Waals surface area contributed by atoms with Gasteiger partial charge in [-0.1, -0.05) is 32.0 Å². The molecule has 1 aliphatic carbocycles. The number of carbonyl (C=O) groups excluding carboxylic acids is 1. The Morgan fingerprint density at radius 1 is 1.06 bits per heavy atom. The highest BCUT2D eigenvalue weighted by Crippen LogP contribution is 2.25. The van der Waals surface area contributed by atoms with Crippen molar-refractivity contribution in [2.24, 2.45) is 5.92 Å². The van der Waals surface area contributed by atoms with E-state index in [0.717, 1.165) is 30.5 Å². The Bertz CT molecular complexity index is 974. The van der Waals surface area contributed by atoms with Crippen LogP contribution >= 0.6 is 0 Å². The molecule has 2 N–H and O–H groups in total. The maximum atomic E-state index is 13.0. The van der Waals surface area contributed by atoms with E-state index in [1.807, 2.05) is 30.3 Å². The van der Waals surface area contributed by atoms with Gasteiger partial charge in [0.15, 0.2) is 6.10 Å². The fourth-order valence-corrected chi connectivity index (χ4v) is 4.21. The third-order valence-corrected chi connectivity index (χ3v) is 6.23. The Hall–Kier alpha value is -3.06. The van der Waals surface area contributed by atoms with Crippen molar-refractivity contribution in [2.75, 3.05) is 31.6 Å². The molecule has 1 atom stereocenters. The molecule has 2 amide bonds. The van der Waals surface area contributed by atoms with Gasteiger partial charge in [0.2, 0.25) is 0 Å². The van der Waals surface area contributed by atoms with Gasteiger partial charge in [0.05, 0.1) is 6.54 Å². The second kappa shape index (κ2) is 13.1. The molecule has 7 nitrogen and oxygen atoms in total. The second-order valence-corrected chi connectivity index (χ2v) is 9.42. The van der Waals surface area contributed by atoms with Crippen LogP contribution in [0.15, 0.2) is 42.5 Å². The Balaban J connectivity index is 1.53. The summed E-state index contributed by atoms with van der Waals surface area (Å²) in [7, 11) is 0. The van der Waals surface area contributed by atoms with Gasteiger partial charge < -0.3 is 24.8 Å². The topological polar surface area (TPSA) is 88.1 Å². The molecule has 0 aliphatic heterocycles. The quantitative estimate of drug-likeness (QED) is 0.411. The molecule has 2 aromatic carbocycles. The van der Waals surface area contributed by atoms with Crippen molar-refractivity contribution in [1.29, 1.82) is 0 Å². The summed E-state index contributed by atoms with van der Waals surface area (Å²) in [5.74, 6) is 0.205. The van der Waals surface area contributed by atoms with Gasteiger partial charge in [-0.3, -0.25) is 0 Å². The molecule has 2 aromatic rings. The number of rotatable bonds is 13. The molecule has 0 saturated heterocycles. The van der Waals surface area contributed by atoms with Crippen molar-refractivity contribution in [2.45, 2.75) is 59.0 Å². The average molecular weight is 483 g/mol. The average Bonchev–Trinajstić information content (AvgIpc) is 3.29. The Labute approximate surface area is 208 Å². The first kappa shape index (κ1) is 26.5. The zero-order chi connectivity index (χ0) is 25.2. The van der Waals surface area contributed by atoms with E-state index in [4.69, 9.17) is 9.47 Å². The van der Waals surface area contributed by atoms with E-state index in [-0.39, 0.29) is 6.03 Å². The van der Waals surface area contributed by atoms with Crippen LogP contribution in [0.1, 0.15) is 50.3 Å². The zero-order valence-corrected chi connectivity index (χ0v) is 21.1. The third kappa shape index (κ3) is 8.28. The first-order valence-corrected chi connectivity index (χ1v) is 12.6. The molecule has 0 bridgehead atoms. The van der Waals surface area contributed by atoms with Crippen molar-refractivity contribution in [3.8, 4) is 5.75 Å². The molecule has 7 heteroatoms. The number of carbonyl (C=O) groups is 2. The summed E-state index contributed by atoms with van der Waals surface area (Å²) in [5.41, 5.74) is 4.42. The Morgan fingerprint density at radius 2 is 1.80 bits per heavy atom. The van der Waals surface area contributed by atoms with Gasteiger partial charge in [0.1, 0.15) is 12.4 Å². The number of hydrogen-bond donors (Lipinski definition) is 2. The standard InChI is InChI=1S/C28H38N2O5/c1-4-34-26(27(31)32)18-21-8-12-25(13-9-21)35-17-16-30(15-14-20(2)3)28(33)29-24-11-10-22-6-5-7-23(22)19-24/h8-13,19-20,26H,4-7,14-18H2,1-3H3,(H,29,33)(H,31,32). The molecule has 0 aromatic heterocycles. The molecule has 0 heterocycles. The molecular weight excluding hydrogens is 444 g/mol. The molecule has 0 spiro atoms. The molecule has 0 radical (unpaired) electrons. The van der Waals surface area contributed by atoms with E-state index in [0.29, 0.717) is 44.4 Å². The number of urea groups is 1. The summed E-state index contributed by atoms with van der Waals surface area (Å²) in [5, 5.41) is 12.3. The number of aryl methyl sites for hydroxylation is 2. The van der Waals surface area contributed by atoms with E-state index in [1.165, 1.54) is 17.5 Å². The minimum absolute atomic E-state index is 0.113. The maximum Gasteiger partial charge on any atom is 0.333 e. The first-order chi connectivity index (χ1) is 16.9. The van der Waals surface area contributed by atoms with Crippen LogP contribution in [0.3, 0.4) is 0 Å². The summed E-state index contributed by atoms with van der Waals surface area (Å²) >= 11 is 0. The van der Waals surface area contributed by atoms with Gasteiger partial charge in [0, 0.05) is 25.3 Å². The zero-order valence-electron chi connectivity index (χ0n) is 21.1. The number of anilines is 1. The molecule has 1 unspecified atom stereocenters. The smallest absolute Gasteiger partial charge is 0.333 e. The van der Waals surface area contributed by atoms with Crippen LogP contribution in [-0.2, 0) is 28.8 Å².